The summed E-state index contributed by atoms with van der Waals surface area (Å²) in [5, 5.41) is 4.31. The lowest BCUT2D eigenvalue weighted by Crippen LogP contribution is -2.52. The average Bonchev–Trinajstić information content (AvgIpc) is 3.16. The van der Waals surface area contributed by atoms with Crippen LogP contribution in [0.25, 0.3) is 0 Å². The molecule has 0 radical (unpaired) electrons. The zero-order valence-electron chi connectivity index (χ0n) is 17.2. The molecule has 7 heteroatoms. The van der Waals surface area contributed by atoms with Gasteiger partial charge in [0.25, 0.3) is 5.91 Å². The van der Waals surface area contributed by atoms with Crippen LogP contribution in [-0.4, -0.2) is 64.4 Å². The maximum absolute atomic E-state index is 14.7. The van der Waals surface area contributed by atoms with Crippen molar-refractivity contribution in [3.63, 3.8) is 0 Å². The van der Waals surface area contributed by atoms with E-state index in [-0.39, 0.29) is 23.6 Å². The second-order valence-corrected chi connectivity index (χ2v) is 8.10. The molecule has 156 valence electrons. The van der Waals surface area contributed by atoms with Crippen molar-refractivity contribution in [1.29, 1.82) is 0 Å². The highest BCUT2D eigenvalue weighted by Crippen LogP contribution is 2.32. The molecular weight excluding hydrogens is 371 g/mol. The number of carbonyl (C=O) groups excluding carboxylic acids is 1. The fraction of sp³-hybridized carbons (Fsp3) is 0.545. The molecule has 3 heterocycles. The van der Waals surface area contributed by atoms with Gasteiger partial charge in [-0.1, -0.05) is 18.6 Å². The molecule has 1 aromatic heterocycles. The quantitative estimate of drug-likeness (QED) is 0.792. The highest BCUT2D eigenvalue weighted by Gasteiger charge is 2.39. The summed E-state index contributed by atoms with van der Waals surface area (Å²) in [7, 11) is 1.86. The van der Waals surface area contributed by atoms with Gasteiger partial charge in [0.2, 0.25) is 0 Å². The number of aryl methyl sites for hydroxylation is 2. The monoisotopic (exact) mass is 400 g/mol. The number of aromatic nitrogens is 2. The number of piperidine rings is 1. The van der Waals surface area contributed by atoms with E-state index in [2.05, 4.69) is 10.00 Å². The molecule has 2 aliphatic heterocycles. The molecule has 1 amide bonds. The third-order valence-corrected chi connectivity index (χ3v) is 5.99. The largest absolute Gasteiger partial charge is 0.373 e. The molecule has 0 spiro atoms. The van der Waals surface area contributed by atoms with E-state index in [1.54, 1.807) is 40.9 Å². The van der Waals surface area contributed by atoms with E-state index in [4.69, 9.17) is 4.74 Å². The minimum Gasteiger partial charge on any atom is -0.373 e. The maximum Gasteiger partial charge on any atom is 0.257 e. The van der Waals surface area contributed by atoms with E-state index in [1.807, 2.05) is 13.2 Å². The second-order valence-electron chi connectivity index (χ2n) is 8.10. The number of likely N-dealkylation sites (tertiary alicyclic amines) is 1. The van der Waals surface area contributed by atoms with Gasteiger partial charge in [0.1, 0.15) is 5.82 Å². The van der Waals surface area contributed by atoms with Crippen LogP contribution in [0.5, 0.6) is 0 Å². The lowest BCUT2D eigenvalue weighted by molar-refractivity contribution is -0.0742. The Morgan fingerprint density at radius 3 is 2.76 bits per heavy atom. The van der Waals surface area contributed by atoms with Crippen molar-refractivity contribution in [3.8, 4) is 0 Å². The summed E-state index contributed by atoms with van der Waals surface area (Å²) >= 11 is 0. The number of halogens is 1. The van der Waals surface area contributed by atoms with Gasteiger partial charge in [-0.2, -0.15) is 5.10 Å². The molecule has 0 aliphatic carbocycles. The van der Waals surface area contributed by atoms with Crippen LogP contribution in [0, 0.1) is 12.7 Å². The van der Waals surface area contributed by atoms with Gasteiger partial charge in [0, 0.05) is 31.9 Å². The van der Waals surface area contributed by atoms with E-state index in [9.17, 15) is 9.18 Å². The normalized spacial score (nSPS) is 23.3. The lowest BCUT2D eigenvalue weighted by Gasteiger charge is -2.43. The molecule has 2 aromatic rings. The number of hydrogen-bond donors (Lipinski definition) is 0. The van der Waals surface area contributed by atoms with E-state index in [0.717, 1.165) is 25.2 Å². The third-order valence-electron chi connectivity index (χ3n) is 5.99. The van der Waals surface area contributed by atoms with Crippen molar-refractivity contribution < 1.29 is 13.9 Å². The molecule has 0 unspecified atom stereocenters. The van der Waals surface area contributed by atoms with Crippen LogP contribution in [0.3, 0.4) is 0 Å². The molecule has 2 saturated heterocycles. The first-order valence-corrected chi connectivity index (χ1v) is 10.4. The Kier molecular flexibility index (Phi) is 5.96. The fourth-order valence-corrected chi connectivity index (χ4v) is 4.47. The Morgan fingerprint density at radius 1 is 1.24 bits per heavy atom. The number of morpholine rings is 1. The van der Waals surface area contributed by atoms with E-state index in [0.29, 0.717) is 18.7 Å². The van der Waals surface area contributed by atoms with E-state index >= 15 is 0 Å². The Balaban J connectivity index is 1.65. The fourth-order valence-electron chi connectivity index (χ4n) is 4.47. The van der Waals surface area contributed by atoms with Gasteiger partial charge in [-0.15, -0.1) is 0 Å². The number of benzene rings is 1. The minimum absolute atomic E-state index is 0.123. The first-order chi connectivity index (χ1) is 14.0. The first-order valence-electron chi connectivity index (χ1n) is 10.4. The van der Waals surface area contributed by atoms with Crippen molar-refractivity contribution in [2.75, 3.05) is 32.8 Å². The van der Waals surface area contributed by atoms with Gasteiger partial charge in [0.05, 0.1) is 30.5 Å². The highest BCUT2D eigenvalue weighted by molar-refractivity contribution is 5.95. The summed E-state index contributed by atoms with van der Waals surface area (Å²) in [6.07, 6.45) is 7.21. The van der Waals surface area contributed by atoms with Gasteiger partial charge in [-0.25, -0.2) is 4.39 Å². The van der Waals surface area contributed by atoms with Crippen molar-refractivity contribution in [2.45, 2.75) is 38.3 Å². The van der Waals surface area contributed by atoms with Gasteiger partial charge in [-0.05, 0) is 44.5 Å². The number of rotatable bonds is 4. The molecule has 2 aliphatic rings. The van der Waals surface area contributed by atoms with Crippen LogP contribution < -0.4 is 0 Å². The number of nitrogens with zero attached hydrogens (tertiary/aromatic N) is 4. The van der Waals surface area contributed by atoms with Gasteiger partial charge >= 0.3 is 0 Å². The predicted molar refractivity (Wildman–Crippen MR) is 108 cm³/mol. The van der Waals surface area contributed by atoms with Crippen LogP contribution >= 0.6 is 0 Å². The lowest BCUT2D eigenvalue weighted by atomic mass is 9.98. The maximum atomic E-state index is 14.7. The van der Waals surface area contributed by atoms with Crippen LogP contribution in [0.1, 0.15) is 46.8 Å². The summed E-state index contributed by atoms with van der Waals surface area (Å²) in [6.45, 7) is 5.44. The summed E-state index contributed by atoms with van der Waals surface area (Å²) < 4.78 is 22.6. The highest BCUT2D eigenvalue weighted by atomic mass is 19.1. The smallest absolute Gasteiger partial charge is 0.257 e. The standard InChI is InChI=1S/C22H29FN4O2/c1-16-7-6-8-18(20(16)23)22(28)27-11-12-29-19(15-26-9-4-3-5-10-26)21(27)17-13-24-25(2)14-17/h6-8,13-14,19,21H,3-5,9-12,15H2,1-2H3/t19-,21-/m0/s1. The number of amides is 1. The first kappa shape index (κ1) is 20.0. The topological polar surface area (TPSA) is 50.6 Å². The van der Waals surface area contributed by atoms with E-state index < -0.39 is 5.82 Å². The molecule has 29 heavy (non-hydrogen) atoms. The number of ether oxygens (including phenoxy) is 1. The molecule has 2 fully saturated rings. The number of hydrogen-bond acceptors (Lipinski definition) is 4. The molecular formula is C22H29FN4O2. The zero-order valence-corrected chi connectivity index (χ0v) is 17.2. The molecule has 2 atom stereocenters. The molecule has 4 rings (SSSR count). The average molecular weight is 400 g/mol. The predicted octanol–water partition coefficient (Wildman–Crippen LogP) is 2.94. The summed E-state index contributed by atoms with van der Waals surface area (Å²) in [5.41, 5.74) is 1.53. The van der Waals surface area contributed by atoms with Crippen LogP contribution in [-0.2, 0) is 11.8 Å². The SMILES string of the molecule is Cc1cccc(C(=O)N2CCO[C@@H](CN3CCCCC3)[C@@H]2c2cnn(C)c2)c1F. The Morgan fingerprint density at radius 2 is 2.03 bits per heavy atom. The second kappa shape index (κ2) is 8.63. The zero-order chi connectivity index (χ0) is 20.4. The van der Waals surface area contributed by atoms with Crippen molar-refractivity contribution in [3.05, 3.63) is 53.1 Å². The molecule has 6 nitrogen and oxygen atoms in total. The molecule has 0 bridgehead atoms. The minimum atomic E-state index is -0.443. The summed E-state index contributed by atoms with van der Waals surface area (Å²) in [5.74, 6) is -0.728. The summed E-state index contributed by atoms with van der Waals surface area (Å²) in [6, 6.07) is 4.70. The van der Waals surface area contributed by atoms with Crippen LogP contribution in [0.15, 0.2) is 30.6 Å². The van der Waals surface area contributed by atoms with Crippen molar-refractivity contribution in [1.82, 2.24) is 19.6 Å². The Labute approximate surface area is 171 Å². The third kappa shape index (κ3) is 4.21. The van der Waals surface area contributed by atoms with Crippen LogP contribution in [0.2, 0.25) is 0 Å². The number of carbonyl (C=O) groups is 1. The molecule has 0 N–H and O–H groups in total. The summed E-state index contributed by atoms with van der Waals surface area (Å²) in [4.78, 5) is 17.6. The van der Waals surface area contributed by atoms with Crippen molar-refractivity contribution in [2.24, 2.45) is 7.05 Å². The molecule has 1 aromatic carbocycles. The van der Waals surface area contributed by atoms with E-state index in [1.165, 1.54) is 19.3 Å². The van der Waals surface area contributed by atoms with Gasteiger partial charge in [-0.3, -0.25) is 9.48 Å². The van der Waals surface area contributed by atoms with Crippen molar-refractivity contribution >= 4 is 5.91 Å². The van der Waals surface area contributed by atoms with Crippen LogP contribution in [0.4, 0.5) is 4.39 Å². The van der Waals surface area contributed by atoms with Gasteiger partial charge < -0.3 is 14.5 Å². The molecule has 0 saturated carbocycles. The van der Waals surface area contributed by atoms with Gasteiger partial charge in [0.15, 0.2) is 0 Å². The Bertz CT molecular complexity index is 862. The Hall–Kier alpha value is -2.25.